The van der Waals surface area contributed by atoms with Crippen molar-refractivity contribution in [3.05, 3.63) is 125 Å². The first kappa shape index (κ1) is 24.5. The van der Waals surface area contributed by atoms with Crippen molar-refractivity contribution in [1.29, 1.82) is 0 Å². The molecule has 4 nitrogen and oxygen atoms in total. The molecule has 176 valence electrons. The van der Waals surface area contributed by atoms with Gasteiger partial charge in [-0.3, -0.25) is 9.59 Å². The van der Waals surface area contributed by atoms with E-state index in [1.807, 2.05) is 61.5 Å². The fraction of sp³-hybridized carbons (Fsp3) is 0.0714. The molecule has 0 aliphatic heterocycles. The zero-order valence-corrected chi connectivity index (χ0v) is 20.4. The van der Waals surface area contributed by atoms with Gasteiger partial charge in [0.2, 0.25) is 5.91 Å². The van der Waals surface area contributed by atoms with Crippen molar-refractivity contribution in [2.75, 3.05) is 10.6 Å². The highest BCUT2D eigenvalue weighted by molar-refractivity contribution is 8.00. The predicted molar refractivity (Wildman–Crippen MR) is 141 cm³/mol. The summed E-state index contributed by atoms with van der Waals surface area (Å²) in [6.45, 7) is 1.97. The van der Waals surface area contributed by atoms with Gasteiger partial charge in [0.05, 0.1) is 5.02 Å². The van der Waals surface area contributed by atoms with Crippen LogP contribution in [0.4, 0.5) is 15.8 Å². The molecule has 0 aliphatic rings. The second kappa shape index (κ2) is 11.2. The second-order valence-electron chi connectivity index (χ2n) is 7.87. The monoisotopic (exact) mass is 504 g/mol. The summed E-state index contributed by atoms with van der Waals surface area (Å²) >= 11 is 7.23. The van der Waals surface area contributed by atoms with Gasteiger partial charge in [0, 0.05) is 21.8 Å². The molecule has 0 aliphatic carbocycles. The maximum Gasteiger partial charge on any atom is 0.255 e. The van der Waals surface area contributed by atoms with E-state index in [4.69, 9.17) is 11.6 Å². The van der Waals surface area contributed by atoms with Gasteiger partial charge < -0.3 is 10.6 Å². The van der Waals surface area contributed by atoms with E-state index < -0.39 is 11.1 Å². The number of hydrogen-bond acceptors (Lipinski definition) is 3. The Hall–Kier alpha value is -3.61. The summed E-state index contributed by atoms with van der Waals surface area (Å²) < 4.78 is 13.5. The van der Waals surface area contributed by atoms with Crippen LogP contribution in [0.5, 0.6) is 0 Å². The lowest BCUT2D eigenvalue weighted by molar-refractivity contribution is -0.115. The summed E-state index contributed by atoms with van der Waals surface area (Å²) in [5.41, 5.74) is 3.55. The highest BCUT2D eigenvalue weighted by atomic mass is 35.5. The van der Waals surface area contributed by atoms with Gasteiger partial charge in [-0.05, 0) is 67.1 Å². The topological polar surface area (TPSA) is 58.2 Å². The molecule has 4 aromatic carbocycles. The minimum absolute atomic E-state index is 0.0602. The molecule has 7 heteroatoms. The number of nitrogens with one attached hydrogen (secondary N) is 2. The van der Waals surface area contributed by atoms with Crippen molar-refractivity contribution >= 4 is 46.6 Å². The van der Waals surface area contributed by atoms with Crippen LogP contribution < -0.4 is 10.6 Å². The SMILES string of the molecule is Cc1ccc(C(=O)Nc2ccc(SC(C(=O)Nc3ccc(F)c(Cl)c3)c3ccccc3)cc2)cc1. The van der Waals surface area contributed by atoms with Crippen molar-refractivity contribution in [3.8, 4) is 0 Å². The van der Waals surface area contributed by atoms with E-state index in [0.717, 1.165) is 16.0 Å². The first-order chi connectivity index (χ1) is 16.9. The molecule has 0 bridgehead atoms. The second-order valence-corrected chi connectivity index (χ2v) is 9.46. The van der Waals surface area contributed by atoms with Gasteiger partial charge in [-0.25, -0.2) is 4.39 Å². The van der Waals surface area contributed by atoms with Crippen molar-refractivity contribution in [2.24, 2.45) is 0 Å². The lowest BCUT2D eigenvalue weighted by Crippen LogP contribution is -2.19. The van der Waals surface area contributed by atoms with E-state index >= 15 is 0 Å². The fourth-order valence-electron chi connectivity index (χ4n) is 3.34. The number of anilines is 2. The van der Waals surface area contributed by atoms with Crippen molar-refractivity contribution in [2.45, 2.75) is 17.1 Å². The van der Waals surface area contributed by atoms with E-state index in [9.17, 15) is 14.0 Å². The molecule has 0 radical (unpaired) electrons. The maximum atomic E-state index is 13.5. The average molecular weight is 505 g/mol. The Morgan fingerprint density at radius 3 is 2.14 bits per heavy atom. The number of amides is 2. The van der Waals surface area contributed by atoms with Gasteiger partial charge in [0.25, 0.3) is 5.91 Å². The van der Waals surface area contributed by atoms with Gasteiger partial charge >= 0.3 is 0 Å². The normalized spacial score (nSPS) is 11.5. The number of aryl methyl sites for hydroxylation is 1. The van der Waals surface area contributed by atoms with E-state index in [1.165, 1.54) is 30.0 Å². The summed E-state index contributed by atoms with van der Waals surface area (Å²) in [7, 11) is 0. The molecule has 0 spiro atoms. The number of carbonyl (C=O) groups is 2. The Morgan fingerprint density at radius 2 is 1.49 bits per heavy atom. The molecule has 0 heterocycles. The molecule has 2 N–H and O–H groups in total. The maximum absolute atomic E-state index is 13.5. The van der Waals surface area contributed by atoms with Gasteiger partial charge in [-0.1, -0.05) is 59.6 Å². The largest absolute Gasteiger partial charge is 0.325 e. The number of halogens is 2. The number of benzene rings is 4. The third kappa shape index (κ3) is 6.50. The standard InChI is InChI=1S/C28H22ClFN2O2S/c1-18-7-9-20(10-8-18)27(33)31-21-11-14-23(15-12-21)35-26(19-5-3-2-4-6-19)28(34)32-22-13-16-25(30)24(29)17-22/h2-17,26H,1H3,(H,31,33)(H,32,34). The predicted octanol–water partition coefficient (Wildman–Crippen LogP) is 7.51. The number of carbonyl (C=O) groups excluding carboxylic acids is 2. The number of thioether (sulfide) groups is 1. The molecule has 4 aromatic rings. The lowest BCUT2D eigenvalue weighted by Gasteiger charge is -2.17. The quantitative estimate of drug-likeness (QED) is 0.256. The van der Waals surface area contributed by atoms with Crippen molar-refractivity contribution in [1.82, 2.24) is 0 Å². The van der Waals surface area contributed by atoms with Crippen LogP contribution in [-0.4, -0.2) is 11.8 Å². The van der Waals surface area contributed by atoms with Crippen LogP contribution in [-0.2, 0) is 4.79 Å². The number of hydrogen-bond donors (Lipinski definition) is 2. The summed E-state index contributed by atoms with van der Waals surface area (Å²) in [6.07, 6.45) is 0. The van der Waals surface area contributed by atoms with E-state index in [-0.39, 0.29) is 16.8 Å². The van der Waals surface area contributed by atoms with Gasteiger partial charge in [-0.15, -0.1) is 11.8 Å². The average Bonchev–Trinajstić information content (AvgIpc) is 2.86. The van der Waals surface area contributed by atoms with Crippen molar-refractivity contribution < 1.29 is 14.0 Å². The first-order valence-electron chi connectivity index (χ1n) is 10.8. The highest BCUT2D eigenvalue weighted by Crippen LogP contribution is 2.37. The van der Waals surface area contributed by atoms with Gasteiger partial charge in [-0.2, -0.15) is 0 Å². The lowest BCUT2D eigenvalue weighted by atomic mass is 10.1. The van der Waals surface area contributed by atoms with Crippen LogP contribution in [0.15, 0.2) is 102 Å². The molecule has 1 atom stereocenters. The summed E-state index contributed by atoms with van der Waals surface area (Å²) in [5.74, 6) is -1.00. The third-order valence-corrected chi connectivity index (χ3v) is 6.76. The third-order valence-electron chi connectivity index (χ3n) is 5.21. The van der Waals surface area contributed by atoms with Gasteiger partial charge in [0.15, 0.2) is 0 Å². The smallest absolute Gasteiger partial charge is 0.255 e. The van der Waals surface area contributed by atoms with E-state index in [1.54, 1.807) is 24.3 Å². The Morgan fingerprint density at radius 1 is 0.829 bits per heavy atom. The Kier molecular flexibility index (Phi) is 7.85. The first-order valence-corrected chi connectivity index (χ1v) is 12.1. The van der Waals surface area contributed by atoms with Crippen molar-refractivity contribution in [3.63, 3.8) is 0 Å². The molecule has 35 heavy (non-hydrogen) atoms. The zero-order chi connectivity index (χ0) is 24.8. The molecule has 0 saturated carbocycles. The summed E-state index contributed by atoms with van der Waals surface area (Å²) in [5, 5.41) is 5.08. The van der Waals surface area contributed by atoms with Crippen LogP contribution >= 0.6 is 23.4 Å². The van der Waals surface area contributed by atoms with Crippen LogP contribution in [0.3, 0.4) is 0 Å². The molecule has 1 unspecified atom stereocenters. The van der Waals surface area contributed by atoms with Crippen LogP contribution in [0.1, 0.15) is 26.7 Å². The molecule has 4 rings (SSSR count). The summed E-state index contributed by atoms with van der Waals surface area (Å²) in [6, 6.07) is 28.1. The Bertz CT molecular complexity index is 1330. The van der Waals surface area contributed by atoms with E-state index in [0.29, 0.717) is 16.9 Å². The Balaban J connectivity index is 1.48. The van der Waals surface area contributed by atoms with Crippen LogP contribution in [0.2, 0.25) is 5.02 Å². The molecular weight excluding hydrogens is 483 g/mol. The number of rotatable bonds is 7. The minimum atomic E-state index is -0.562. The van der Waals surface area contributed by atoms with E-state index in [2.05, 4.69) is 10.6 Å². The van der Waals surface area contributed by atoms with Crippen LogP contribution in [0.25, 0.3) is 0 Å². The highest BCUT2D eigenvalue weighted by Gasteiger charge is 2.22. The minimum Gasteiger partial charge on any atom is -0.325 e. The van der Waals surface area contributed by atoms with Crippen LogP contribution in [0, 0.1) is 12.7 Å². The molecule has 0 fully saturated rings. The zero-order valence-electron chi connectivity index (χ0n) is 18.8. The molecule has 2 amide bonds. The fourth-order valence-corrected chi connectivity index (χ4v) is 4.55. The molecule has 0 saturated heterocycles. The Labute approximate surface area is 212 Å². The molecule has 0 aromatic heterocycles. The summed E-state index contributed by atoms with van der Waals surface area (Å²) in [4.78, 5) is 26.5. The molecular formula is C28H22ClFN2O2S. The van der Waals surface area contributed by atoms with Gasteiger partial charge in [0.1, 0.15) is 11.1 Å².